The van der Waals surface area contributed by atoms with Gasteiger partial charge in [-0.15, -0.1) is 0 Å². The predicted octanol–water partition coefficient (Wildman–Crippen LogP) is 3.27. The van der Waals surface area contributed by atoms with Gasteiger partial charge < -0.3 is 10.2 Å². The van der Waals surface area contributed by atoms with E-state index in [1.807, 2.05) is 25.1 Å². The van der Waals surface area contributed by atoms with Crippen LogP contribution in [0.15, 0.2) is 22.7 Å². The molecule has 1 N–H and O–H groups in total. The molecule has 116 valence electrons. The largest absolute Gasteiger partial charge is 0.355 e. The van der Waals surface area contributed by atoms with Gasteiger partial charge in [0.25, 0.3) is 0 Å². The lowest BCUT2D eigenvalue weighted by Gasteiger charge is -2.23. The van der Waals surface area contributed by atoms with Crippen LogP contribution in [0.3, 0.4) is 0 Å². The van der Waals surface area contributed by atoms with Crippen molar-refractivity contribution in [1.29, 1.82) is 0 Å². The highest BCUT2D eigenvalue weighted by molar-refractivity contribution is 9.10. The second-order valence-electron chi connectivity index (χ2n) is 5.57. The normalized spacial score (nSPS) is 10.6. The number of nitrogens with zero attached hydrogens (tertiary/aromatic N) is 1. The standard InChI is InChI=1S/C16H23BrN2O2/c1-11(2)7-8-18-16(21)10-19(13(4)20)15-6-5-14(17)9-12(15)3/h5-6,9,11H,7-8,10H2,1-4H3,(H,18,21). The van der Waals surface area contributed by atoms with Crippen LogP contribution in [0.2, 0.25) is 0 Å². The van der Waals surface area contributed by atoms with Crippen molar-refractivity contribution in [2.24, 2.45) is 5.92 Å². The minimum atomic E-state index is -0.139. The summed E-state index contributed by atoms with van der Waals surface area (Å²) in [6.45, 7) is 8.31. The Balaban J connectivity index is 2.74. The number of hydrogen-bond donors (Lipinski definition) is 1. The van der Waals surface area contributed by atoms with Crippen LogP contribution in [-0.4, -0.2) is 24.9 Å². The van der Waals surface area contributed by atoms with E-state index in [0.717, 1.165) is 22.1 Å². The van der Waals surface area contributed by atoms with Gasteiger partial charge in [-0.05, 0) is 43.0 Å². The van der Waals surface area contributed by atoms with Gasteiger partial charge in [-0.1, -0.05) is 29.8 Å². The molecule has 4 nitrogen and oxygen atoms in total. The summed E-state index contributed by atoms with van der Waals surface area (Å²) >= 11 is 3.40. The smallest absolute Gasteiger partial charge is 0.240 e. The first-order chi connectivity index (χ1) is 9.81. The van der Waals surface area contributed by atoms with E-state index in [1.165, 1.54) is 11.8 Å². The Bertz CT molecular complexity index is 515. The molecule has 0 aliphatic rings. The van der Waals surface area contributed by atoms with Crippen LogP contribution in [0.5, 0.6) is 0 Å². The highest BCUT2D eigenvalue weighted by Crippen LogP contribution is 2.23. The molecule has 0 aliphatic heterocycles. The number of hydrogen-bond acceptors (Lipinski definition) is 2. The average Bonchev–Trinajstić information content (AvgIpc) is 2.36. The number of nitrogens with one attached hydrogen (secondary N) is 1. The number of benzene rings is 1. The second kappa shape index (κ2) is 8.17. The zero-order chi connectivity index (χ0) is 16.0. The monoisotopic (exact) mass is 354 g/mol. The van der Waals surface area contributed by atoms with Crippen LogP contribution in [0, 0.1) is 12.8 Å². The predicted molar refractivity (Wildman–Crippen MR) is 89.4 cm³/mol. The van der Waals surface area contributed by atoms with Gasteiger partial charge >= 0.3 is 0 Å². The molecule has 1 rings (SSSR count). The molecule has 0 radical (unpaired) electrons. The molecular weight excluding hydrogens is 332 g/mol. The zero-order valence-corrected chi connectivity index (χ0v) is 14.7. The Kier molecular flexibility index (Phi) is 6.89. The van der Waals surface area contributed by atoms with Crippen molar-refractivity contribution in [3.8, 4) is 0 Å². The van der Waals surface area contributed by atoms with E-state index in [-0.39, 0.29) is 18.4 Å². The van der Waals surface area contributed by atoms with Gasteiger partial charge in [0.05, 0.1) is 0 Å². The fourth-order valence-corrected chi connectivity index (χ4v) is 2.46. The molecule has 1 aromatic rings. The van der Waals surface area contributed by atoms with Crippen LogP contribution in [0.1, 0.15) is 32.8 Å². The summed E-state index contributed by atoms with van der Waals surface area (Å²) in [6, 6.07) is 5.65. The maximum absolute atomic E-state index is 12.0. The van der Waals surface area contributed by atoms with Crippen molar-refractivity contribution in [2.45, 2.75) is 34.1 Å². The Hall–Kier alpha value is -1.36. The van der Waals surface area contributed by atoms with Gasteiger partial charge in [-0.2, -0.15) is 0 Å². The molecule has 0 fully saturated rings. The zero-order valence-electron chi connectivity index (χ0n) is 13.1. The highest BCUT2D eigenvalue weighted by Gasteiger charge is 2.17. The van der Waals surface area contributed by atoms with Crippen molar-refractivity contribution < 1.29 is 9.59 Å². The third-order valence-corrected chi connectivity index (χ3v) is 3.67. The lowest BCUT2D eigenvalue weighted by atomic mass is 10.1. The van der Waals surface area contributed by atoms with E-state index < -0.39 is 0 Å². The van der Waals surface area contributed by atoms with Crippen LogP contribution < -0.4 is 10.2 Å². The summed E-state index contributed by atoms with van der Waals surface area (Å²) in [5.41, 5.74) is 1.72. The number of halogens is 1. The van der Waals surface area contributed by atoms with Gasteiger partial charge in [-0.3, -0.25) is 9.59 Å². The lowest BCUT2D eigenvalue weighted by molar-refractivity contribution is -0.123. The quantitative estimate of drug-likeness (QED) is 0.852. The number of aryl methyl sites for hydroxylation is 1. The van der Waals surface area contributed by atoms with Crippen LogP contribution in [0.25, 0.3) is 0 Å². The number of rotatable bonds is 6. The Morgan fingerprint density at radius 2 is 2.00 bits per heavy atom. The molecule has 5 heteroatoms. The number of anilines is 1. The molecule has 0 atom stereocenters. The molecule has 2 amide bonds. The lowest BCUT2D eigenvalue weighted by Crippen LogP contribution is -2.40. The first-order valence-corrected chi connectivity index (χ1v) is 7.91. The average molecular weight is 355 g/mol. The van der Waals surface area contributed by atoms with E-state index in [4.69, 9.17) is 0 Å². The molecule has 0 saturated carbocycles. The summed E-state index contributed by atoms with van der Waals surface area (Å²) in [7, 11) is 0. The molecular formula is C16H23BrN2O2. The van der Waals surface area contributed by atoms with Crippen molar-refractivity contribution in [1.82, 2.24) is 5.32 Å². The summed E-state index contributed by atoms with van der Waals surface area (Å²) in [6.07, 6.45) is 0.934. The molecule has 0 heterocycles. The summed E-state index contributed by atoms with van der Waals surface area (Å²) in [5.74, 6) is 0.274. The number of amides is 2. The minimum absolute atomic E-state index is 0.0515. The van der Waals surface area contributed by atoms with Gasteiger partial charge in [0.1, 0.15) is 6.54 Å². The van der Waals surface area contributed by atoms with Gasteiger partial charge in [0, 0.05) is 23.6 Å². The van der Waals surface area contributed by atoms with Crippen molar-refractivity contribution >= 4 is 33.4 Å². The topological polar surface area (TPSA) is 49.4 Å². The van der Waals surface area contributed by atoms with Crippen LogP contribution in [0.4, 0.5) is 5.69 Å². The highest BCUT2D eigenvalue weighted by atomic mass is 79.9. The maximum atomic E-state index is 12.0. The summed E-state index contributed by atoms with van der Waals surface area (Å²) < 4.78 is 0.952. The Morgan fingerprint density at radius 3 is 2.52 bits per heavy atom. The third-order valence-electron chi connectivity index (χ3n) is 3.18. The van der Waals surface area contributed by atoms with Crippen LogP contribution in [-0.2, 0) is 9.59 Å². The van der Waals surface area contributed by atoms with Gasteiger partial charge in [-0.25, -0.2) is 0 Å². The van der Waals surface area contributed by atoms with Gasteiger partial charge in [0.15, 0.2) is 0 Å². The fourth-order valence-electron chi connectivity index (χ4n) is 1.99. The number of carbonyl (C=O) groups excluding carboxylic acids is 2. The molecule has 0 unspecified atom stereocenters. The van der Waals surface area contributed by atoms with E-state index in [2.05, 4.69) is 35.1 Å². The maximum Gasteiger partial charge on any atom is 0.240 e. The van der Waals surface area contributed by atoms with Crippen molar-refractivity contribution in [3.05, 3.63) is 28.2 Å². The summed E-state index contributed by atoms with van der Waals surface area (Å²) in [5, 5.41) is 2.86. The minimum Gasteiger partial charge on any atom is -0.355 e. The molecule has 0 bridgehead atoms. The first kappa shape index (κ1) is 17.7. The van der Waals surface area contributed by atoms with Crippen molar-refractivity contribution in [2.75, 3.05) is 18.0 Å². The van der Waals surface area contributed by atoms with Gasteiger partial charge in [0.2, 0.25) is 11.8 Å². The Morgan fingerprint density at radius 1 is 1.33 bits per heavy atom. The molecule has 1 aromatic carbocycles. The second-order valence-corrected chi connectivity index (χ2v) is 6.48. The third kappa shape index (κ3) is 5.87. The first-order valence-electron chi connectivity index (χ1n) is 7.12. The van der Waals surface area contributed by atoms with E-state index >= 15 is 0 Å². The van der Waals surface area contributed by atoms with Crippen LogP contribution >= 0.6 is 15.9 Å². The SMILES string of the molecule is CC(=O)N(CC(=O)NCCC(C)C)c1ccc(Br)cc1C. The summed E-state index contributed by atoms with van der Waals surface area (Å²) in [4.78, 5) is 25.3. The fraction of sp³-hybridized carbons (Fsp3) is 0.500. The molecule has 0 saturated heterocycles. The molecule has 21 heavy (non-hydrogen) atoms. The molecule has 0 aromatic heterocycles. The number of carbonyl (C=O) groups is 2. The van der Waals surface area contributed by atoms with E-state index in [9.17, 15) is 9.59 Å². The van der Waals surface area contributed by atoms with Crippen molar-refractivity contribution in [3.63, 3.8) is 0 Å². The Labute approximate surface area is 135 Å². The van der Waals surface area contributed by atoms with E-state index in [0.29, 0.717) is 12.5 Å². The van der Waals surface area contributed by atoms with E-state index in [1.54, 1.807) is 0 Å². The molecule has 0 aliphatic carbocycles. The molecule has 0 spiro atoms.